The van der Waals surface area contributed by atoms with E-state index < -0.39 is 29.6 Å². The second-order valence-corrected chi connectivity index (χ2v) is 7.88. The molecule has 0 saturated carbocycles. The molecule has 172 valence electrons. The number of rotatable bonds is 10. The second-order valence-electron chi connectivity index (χ2n) is 7.13. The van der Waals surface area contributed by atoms with Gasteiger partial charge in [0.1, 0.15) is 16.7 Å². The van der Waals surface area contributed by atoms with Crippen molar-refractivity contribution in [1.29, 1.82) is 0 Å². The molecule has 0 aliphatic heterocycles. The number of hydrogen-bond donors (Lipinski definition) is 1. The highest BCUT2D eigenvalue weighted by molar-refractivity contribution is 6.39. The minimum Gasteiger partial charge on any atom is -0.461 e. The summed E-state index contributed by atoms with van der Waals surface area (Å²) in [5.41, 5.74) is -0.613. The molecule has 32 heavy (non-hydrogen) atoms. The summed E-state index contributed by atoms with van der Waals surface area (Å²) < 4.78 is 29.8. The Hall–Kier alpha value is -2.84. The first-order valence-corrected chi connectivity index (χ1v) is 10.3. The Kier molecular flexibility index (Phi) is 8.86. The minimum atomic E-state index is -1.58. The van der Waals surface area contributed by atoms with Crippen LogP contribution in [0.15, 0.2) is 43.0 Å². The molecular formula is C22H23Cl2FN2O5. The summed E-state index contributed by atoms with van der Waals surface area (Å²) in [4.78, 5) is 28.0. The number of anilines is 1. The number of hydrogen-bond acceptors (Lipinski definition) is 7. The van der Waals surface area contributed by atoms with Crippen LogP contribution in [0.2, 0.25) is 10.0 Å². The van der Waals surface area contributed by atoms with Gasteiger partial charge in [0.15, 0.2) is 6.10 Å². The van der Waals surface area contributed by atoms with Gasteiger partial charge in [0.2, 0.25) is 17.4 Å². The average Bonchev–Trinajstić information content (AvgIpc) is 2.76. The molecule has 2 aromatic rings. The van der Waals surface area contributed by atoms with Gasteiger partial charge in [0.05, 0.1) is 5.69 Å². The van der Waals surface area contributed by atoms with Crippen molar-refractivity contribution in [3.8, 4) is 5.88 Å². The Balaban J connectivity index is 2.14. The SMILES string of the molecule is C=CCOC(=O)C(C)(C)OC(=O)C(C)Oc1nc(F)c(Cl)c(NCc2ccccc2)c1Cl. The van der Waals surface area contributed by atoms with Crippen molar-refractivity contribution in [2.75, 3.05) is 11.9 Å². The fourth-order valence-corrected chi connectivity index (χ4v) is 2.91. The summed E-state index contributed by atoms with van der Waals surface area (Å²) in [5.74, 6) is -3.06. The molecule has 0 saturated heterocycles. The molecule has 0 bridgehead atoms. The van der Waals surface area contributed by atoms with Gasteiger partial charge in [-0.2, -0.15) is 9.37 Å². The van der Waals surface area contributed by atoms with Gasteiger partial charge in [-0.1, -0.05) is 66.2 Å². The van der Waals surface area contributed by atoms with E-state index in [2.05, 4.69) is 16.9 Å². The van der Waals surface area contributed by atoms with Crippen LogP contribution in [-0.4, -0.2) is 35.2 Å². The number of carbonyl (C=O) groups is 2. The second kappa shape index (κ2) is 11.2. The Morgan fingerprint density at radius 3 is 2.53 bits per heavy atom. The zero-order valence-corrected chi connectivity index (χ0v) is 19.3. The molecule has 1 N–H and O–H groups in total. The number of nitrogens with zero attached hydrogens (tertiary/aromatic N) is 1. The first kappa shape index (κ1) is 25.4. The first-order chi connectivity index (χ1) is 15.1. The minimum absolute atomic E-state index is 0.0335. The van der Waals surface area contributed by atoms with Crippen molar-refractivity contribution >= 4 is 40.8 Å². The van der Waals surface area contributed by atoms with Gasteiger partial charge < -0.3 is 19.5 Å². The summed E-state index contributed by atoms with van der Waals surface area (Å²) in [5, 5.41) is 2.51. The van der Waals surface area contributed by atoms with Gasteiger partial charge in [-0.3, -0.25) is 0 Å². The van der Waals surface area contributed by atoms with Crippen molar-refractivity contribution in [2.45, 2.75) is 39.0 Å². The highest BCUT2D eigenvalue weighted by atomic mass is 35.5. The average molecular weight is 485 g/mol. The van der Waals surface area contributed by atoms with Crippen LogP contribution in [0, 0.1) is 5.95 Å². The Bertz CT molecular complexity index is 986. The molecule has 1 heterocycles. The monoisotopic (exact) mass is 484 g/mol. The molecule has 1 aromatic carbocycles. The van der Waals surface area contributed by atoms with E-state index in [0.717, 1.165) is 5.56 Å². The van der Waals surface area contributed by atoms with Crippen LogP contribution in [0.4, 0.5) is 10.1 Å². The van der Waals surface area contributed by atoms with E-state index in [1.165, 1.54) is 26.8 Å². The van der Waals surface area contributed by atoms with Crippen LogP contribution in [-0.2, 0) is 25.6 Å². The van der Waals surface area contributed by atoms with Gasteiger partial charge >= 0.3 is 11.9 Å². The fourth-order valence-electron chi connectivity index (χ4n) is 2.41. The predicted molar refractivity (Wildman–Crippen MR) is 119 cm³/mol. The summed E-state index contributed by atoms with van der Waals surface area (Å²) in [6.07, 6.45) is 0.113. The van der Waals surface area contributed by atoms with E-state index in [4.69, 9.17) is 37.4 Å². The Morgan fingerprint density at radius 2 is 1.91 bits per heavy atom. The first-order valence-electron chi connectivity index (χ1n) is 9.56. The Labute approximate surface area is 195 Å². The lowest BCUT2D eigenvalue weighted by molar-refractivity contribution is -0.181. The molecule has 0 aliphatic rings. The van der Waals surface area contributed by atoms with Crippen LogP contribution in [0.1, 0.15) is 26.3 Å². The number of benzene rings is 1. The normalized spacial score (nSPS) is 11.9. The third kappa shape index (κ3) is 6.58. The van der Waals surface area contributed by atoms with Crippen LogP contribution < -0.4 is 10.1 Å². The lowest BCUT2D eigenvalue weighted by Crippen LogP contribution is -2.42. The zero-order chi connectivity index (χ0) is 23.9. The summed E-state index contributed by atoms with van der Waals surface area (Å²) in [6, 6.07) is 9.30. The molecular weight excluding hydrogens is 462 g/mol. The van der Waals surface area contributed by atoms with Gasteiger partial charge in [0.25, 0.3) is 0 Å². The maximum absolute atomic E-state index is 14.3. The van der Waals surface area contributed by atoms with Crippen molar-refractivity contribution < 1.29 is 28.2 Å². The number of ether oxygens (including phenoxy) is 3. The van der Waals surface area contributed by atoms with Crippen LogP contribution in [0.5, 0.6) is 5.88 Å². The van der Waals surface area contributed by atoms with E-state index in [0.29, 0.717) is 6.54 Å². The van der Waals surface area contributed by atoms with Gasteiger partial charge in [-0.05, 0) is 26.3 Å². The zero-order valence-electron chi connectivity index (χ0n) is 17.8. The molecule has 1 unspecified atom stereocenters. The van der Waals surface area contributed by atoms with Gasteiger partial charge in [0, 0.05) is 6.54 Å². The topological polar surface area (TPSA) is 86.8 Å². The van der Waals surface area contributed by atoms with E-state index in [1.54, 1.807) is 0 Å². The number of esters is 2. The molecule has 10 heteroatoms. The summed E-state index contributed by atoms with van der Waals surface area (Å²) >= 11 is 12.3. The number of halogens is 3. The molecule has 1 aromatic heterocycles. The smallest absolute Gasteiger partial charge is 0.350 e. The lowest BCUT2D eigenvalue weighted by Gasteiger charge is -2.25. The van der Waals surface area contributed by atoms with E-state index in [-0.39, 0.29) is 28.2 Å². The molecule has 0 radical (unpaired) electrons. The Morgan fingerprint density at radius 1 is 1.25 bits per heavy atom. The van der Waals surface area contributed by atoms with Crippen LogP contribution >= 0.6 is 23.2 Å². The molecule has 0 spiro atoms. The molecule has 0 amide bonds. The maximum atomic E-state index is 14.3. The number of aromatic nitrogens is 1. The lowest BCUT2D eigenvalue weighted by atomic mass is 10.1. The quantitative estimate of drug-likeness (QED) is 0.289. The summed E-state index contributed by atoms with van der Waals surface area (Å²) in [6.45, 7) is 7.78. The van der Waals surface area contributed by atoms with E-state index in [1.807, 2.05) is 30.3 Å². The van der Waals surface area contributed by atoms with Gasteiger partial charge in [-0.15, -0.1) is 0 Å². The molecule has 1 atom stereocenters. The largest absolute Gasteiger partial charge is 0.461 e. The summed E-state index contributed by atoms with van der Waals surface area (Å²) in [7, 11) is 0. The third-order valence-corrected chi connectivity index (χ3v) is 4.82. The van der Waals surface area contributed by atoms with Crippen molar-refractivity contribution in [3.05, 3.63) is 64.5 Å². The molecule has 0 aliphatic carbocycles. The van der Waals surface area contributed by atoms with E-state index in [9.17, 15) is 14.0 Å². The number of pyridine rings is 1. The van der Waals surface area contributed by atoms with Crippen molar-refractivity contribution in [2.24, 2.45) is 0 Å². The van der Waals surface area contributed by atoms with Gasteiger partial charge in [-0.25, -0.2) is 9.59 Å². The maximum Gasteiger partial charge on any atom is 0.350 e. The van der Waals surface area contributed by atoms with Crippen LogP contribution in [0.25, 0.3) is 0 Å². The third-order valence-electron chi connectivity index (χ3n) is 4.12. The predicted octanol–water partition coefficient (Wildman–Crippen LogP) is 4.96. The number of nitrogens with one attached hydrogen (secondary N) is 1. The van der Waals surface area contributed by atoms with Crippen molar-refractivity contribution in [1.82, 2.24) is 4.98 Å². The fraction of sp³-hybridized carbons (Fsp3) is 0.318. The van der Waals surface area contributed by atoms with Crippen molar-refractivity contribution in [3.63, 3.8) is 0 Å². The van der Waals surface area contributed by atoms with E-state index >= 15 is 0 Å². The molecule has 7 nitrogen and oxygen atoms in total. The van der Waals surface area contributed by atoms with Crippen LogP contribution in [0.3, 0.4) is 0 Å². The molecule has 0 fully saturated rings. The highest BCUT2D eigenvalue weighted by Gasteiger charge is 2.36. The standard InChI is InChI=1S/C22H23Cl2FN2O5/c1-5-11-30-21(29)22(3,4)32-20(28)13(2)31-19-16(24)17(15(23)18(25)27-19)26-12-14-9-7-6-8-10-14/h5-10,13H,1,11-12H2,2-4H3,(H,26,27). The highest BCUT2D eigenvalue weighted by Crippen LogP contribution is 2.38. The number of carbonyl (C=O) groups excluding carboxylic acids is 2. The molecule has 2 rings (SSSR count).